The number of carbonyl (C=O) groups excluding carboxylic acids is 1. The molecule has 1 fully saturated rings. The normalized spacial score (nSPS) is 14.4. The van der Waals surface area contributed by atoms with Crippen molar-refractivity contribution in [1.82, 2.24) is 19.9 Å². The van der Waals surface area contributed by atoms with Gasteiger partial charge in [-0.1, -0.05) is 0 Å². The Labute approximate surface area is 156 Å². The van der Waals surface area contributed by atoms with Gasteiger partial charge >= 0.3 is 12.1 Å². The van der Waals surface area contributed by atoms with Crippen molar-refractivity contribution in [1.29, 1.82) is 0 Å². The number of hydrogen-bond donors (Lipinski definition) is 1. The number of aromatic nitrogens is 3. The van der Waals surface area contributed by atoms with Gasteiger partial charge < -0.3 is 19.5 Å². The minimum Gasteiger partial charge on any atom is -0.476 e. The van der Waals surface area contributed by atoms with Gasteiger partial charge in [0.2, 0.25) is 5.88 Å². The van der Waals surface area contributed by atoms with Crippen LogP contribution in [0.25, 0.3) is 11.3 Å². The highest BCUT2D eigenvalue weighted by atomic mass is 16.6. The van der Waals surface area contributed by atoms with Crippen molar-refractivity contribution in [2.75, 3.05) is 13.1 Å². The Hall–Kier alpha value is -3.23. The molecule has 0 spiro atoms. The smallest absolute Gasteiger partial charge is 0.410 e. The first kappa shape index (κ1) is 18.6. The molecule has 9 heteroatoms. The Kier molecular flexibility index (Phi) is 4.93. The molecule has 142 valence electrons. The van der Waals surface area contributed by atoms with E-state index in [1.165, 1.54) is 18.6 Å². The standard InChI is InChI=1S/C18H20N4O5/c1-18(2,3)27-17(25)22-9-12(10-22)26-15-5-4-11(6-20-15)13-7-19-8-14(21-13)16(23)24/h4-8,12H,9-10H2,1-3H3,(H,23,24). The molecule has 3 heterocycles. The molecular formula is C18H20N4O5. The largest absolute Gasteiger partial charge is 0.476 e. The van der Waals surface area contributed by atoms with E-state index in [0.717, 1.165) is 0 Å². The molecule has 1 amide bonds. The fourth-order valence-electron chi connectivity index (χ4n) is 2.37. The number of nitrogens with zero attached hydrogens (tertiary/aromatic N) is 4. The van der Waals surface area contributed by atoms with Crippen molar-refractivity contribution in [2.45, 2.75) is 32.5 Å². The van der Waals surface area contributed by atoms with E-state index in [-0.39, 0.29) is 17.9 Å². The summed E-state index contributed by atoms with van der Waals surface area (Å²) in [5.41, 5.74) is 0.376. The van der Waals surface area contributed by atoms with Crippen LogP contribution >= 0.6 is 0 Å². The topological polar surface area (TPSA) is 115 Å². The zero-order valence-corrected chi connectivity index (χ0v) is 15.2. The van der Waals surface area contributed by atoms with Crippen LogP contribution in [-0.4, -0.2) is 61.8 Å². The summed E-state index contributed by atoms with van der Waals surface area (Å²) in [4.78, 5) is 36.5. The molecule has 2 aromatic rings. The number of carbonyl (C=O) groups is 2. The van der Waals surface area contributed by atoms with Crippen LogP contribution in [0.3, 0.4) is 0 Å². The number of aromatic carboxylic acids is 1. The monoisotopic (exact) mass is 372 g/mol. The van der Waals surface area contributed by atoms with Crippen molar-refractivity contribution < 1.29 is 24.2 Å². The molecular weight excluding hydrogens is 352 g/mol. The molecule has 0 aromatic carbocycles. The Morgan fingerprint density at radius 3 is 2.52 bits per heavy atom. The van der Waals surface area contributed by atoms with Gasteiger partial charge in [-0.2, -0.15) is 0 Å². The Balaban J connectivity index is 1.56. The zero-order valence-electron chi connectivity index (χ0n) is 15.2. The molecule has 0 radical (unpaired) electrons. The van der Waals surface area contributed by atoms with Gasteiger partial charge in [0.05, 0.1) is 31.2 Å². The summed E-state index contributed by atoms with van der Waals surface area (Å²) >= 11 is 0. The minimum atomic E-state index is -1.14. The number of amides is 1. The van der Waals surface area contributed by atoms with Crippen LogP contribution in [-0.2, 0) is 4.74 Å². The summed E-state index contributed by atoms with van der Waals surface area (Å²) in [5.74, 6) is -0.730. The van der Waals surface area contributed by atoms with Gasteiger partial charge in [-0.25, -0.2) is 19.6 Å². The minimum absolute atomic E-state index is 0.135. The lowest BCUT2D eigenvalue weighted by Gasteiger charge is -2.39. The molecule has 0 bridgehead atoms. The lowest BCUT2D eigenvalue weighted by molar-refractivity contribution is -0.0232. The third-order valence-corrected chi connectivity index (χ3v) is 3.67. The second-order valence-corrected chi connectivity index (χ2v) is 7.11. The van der Waals surface area contributed by atoms with E-state index in [1.807, 2.05) is 20.8 Å². The predicted molar refractivity (Wildman–Crippen MR) is 94.4 cm³/mol. The highest BCUT2D eigenvalue weighted by Gasteiger charge is 2.35. The Morgan fingerprint density at radius 1 is 1.19 bits per heavy atom. The lowest BCUT2D eigenvalue weighted by atomic mass is 10.1. The molecule has 2 aromatic heterocycles. The molecule has 0 atom stereocenters. The van der Waals surface area contributed by atoms with Gasteiger partial charge in [0.15, 0.2) is 5.69 Å². The molecule has 0 saturated carbocycles. The van der Waals surface area contributed by atoms with E-state index in [9.17, 15) is 9.59 Å². The lowest BCUT2D eigenvalue weighted by Crippen LogP contribution is -2.57. The predicted octanol–water partition coefficient (Wildman–Crippen LogP) is 2.23. The van der Waals surface area contributed by atoms with Gasteiger partial charge in [0.1, 0.15) is 11.7 Å². The van der Waals surface area contributed by atoms with Crippen LogP contribution in [0, 0.1) is 0 Å². The van der Waals surface area contributed by atoms with Crippen LogP contribution in [0.1, 0.15) is 31.3 Å². The average molecular weight is 372 g/mol. The van der Waals surface area contributed by atoms with Crippen molar-refractivity contribution in [3.8, 4) is 17.1 Å². The van der Waals surface area contributed by atoms with Gasteiger partial charge in [-0.3, -0.25) is 4.98 Å². The molecule has 1 saturated heterocycles. The number of carboxylic acid groups (broad SMARTS) is 1. The average Bonchev–Trinajstić information content (AvgIpc) is 2.56. The van der Waals surface area contributed by atoms with Gasteiger partial charge in [-0.05, 0) is 26.8 Å². The van der Waals surface area contributed by atoms with Crippen LogP contribution in [0.5, 0.6) is 5.88 Å². The van der Waals surface area contributed by atoms with E-state index in [4.69, 9.17) is 14.6 Å². The van der Waals surface area contributed by atoms with E-state index in [2.05, 4.69) is 15.0 Å². The van der Waals surface area contributed by atoms with E-state index in [1.54, 1.807) is 17.0 Å². The SMILES string of the molecule is CC(C)(C)OC(=O)N1CC(Oc2ccc(-c3cncc(C(=O)O)n3)cn2)C1. The summed E-state index contributed by atoms with van der Waals surface area (Å²) in [7, 11) is 0. The van der Waals surface area contributed by atoms with E-state index in [0.29, 0.717) is 30.2 Å². The van der Waals surface area contributed by atoms with E-state index >= 15 is 0 Å². The molecule has 0 aliphatic carbocycles. The Morgan fingerprint density at radius 2 is 1.93 bits per heavy atom. The highest BCUT2D eigenvalue weighted by molar-refractivity contribution is 5.85. The first-order valence-electron chi connectivity index (χ1n) is 8.37. The van der Waals surface area contributed by atoms with Crippen molar-refractivity contribution in [3.63, 3.8) is 0 Å². The summed E-state index contributed by atoms with van der Waals surface area (Å²) in [6.07, 6.45) is 3.68. The van der Waals surface area contributed by atoms with Crippen molar-refractivity contribution in [2.24, 2.45) is 0 Å². The Bertz CT molecular complexity index is 842. The third-order valence-electron chi connectivity index (χ3n) is 3.67. The fraction of sp³-hybridized carbons (Fsp3) is 0.389. The van der Waals surface area contributed by atoms with Gasteiger partial charge in [0, 0.05) is 17.8 Å². The first-order valence-corrected chi connectivity index (χ1v) is 8.37. The van der Waals surface area contributed by atoms with E-state index < -0.39 is 11.6 Å². The number of ether oxygens (including phenoxy) is 2. The number of rotatable bonds is 4. The highest BCUT2D eigenvalue weighted by Crippen LogP contribution is 2.22. The molecule has 27 heavy (non-hydrogen) atoms. The summed E-state index contributed by atoms with van der Waals surface area (Å²) < 4.78 is 11.0. The fourth-order valence-corrected chi connectivity index (χ4v) is 2.37. The molecule has 1 aliphatic rings. The molecule has 0 unspecified atom stereocenters. The van der Waals surface area contributed by atoms with Gasteiger partial charge in [-0.15, -0.1) is 0 Å². The zero-order chi connectivity index (χ0) is 19.6. The summed E-state index contributed by atoms with van der Waals surface area (Å²) in [6.45, 7) is 6.33. The van der Waals surface area contributed by atoms with Crippen molar-refractivity contribution >= 4 is 12.1 Å². The van der Waals surface area contributed by atoms with Gasteiger partial charge in [0.25, 0.3) is 0 Å². The second kappa shape index (κ2) is 7.18. The third kappa shape index (κ3) is 4.69. The van der Waals surface area contributed by atoms with Crippen LogP contribution in [0.2, 0.25) is 0 Å². The quantitative estimate of drug-likeness (QED) is 0.869. The second-order valence-electron chi connectivity index (χ2n) is 7.11. The van der Waals surface area contributed by atoms with Crippen LogP contribution < -0.4 is 4.74 Å². The molecule has 9 nitrogen and oxygen atoms in total. The first-order chi connectivity index (χ1) is 12.7. The molecule has 3 rings (SSSR count). The number of likely N-dealkylation sites (tertiary alicyclic amines) is 1. The summed E-state index contributed by atoms with van der Waals surface area (Å²) in [6, 6.07) is 3.39. The maximum atomic E-state index is 11.9. The summed E-state index contributed by atoms with van der Waals surface area (Å²) in [5, 5.41) is 8.98. The van der Waals surface area contributed by atoms with Crippen LogP contribution in [0.15, 0.2) is 30.7 Å². The number of hydrogen-bond acceptors (Lipinski definition) is 7. The maximum absolute atomic E-state index is 11.9. The maximum Gasteiger partial charge on any atom is 0.410 e. The molecule has 1 N–H and O–H groups in total. The number of carboxylic acids is 1. The van der Waals surface area contributed by atoms with Crippen molar-refractivity contribution in [3.05, 3.63) is 36.4 Å². The number of pyridine rings is 1. The van der Waals surface area contributed by atoms with Crippen LogP contribution in [0.4, 0.5) is 4.79 Å². The molecule has 1 aliphatic heterocycles.